The number of carboxylic acid groups (broad SMARTS) is 2. The number of carbonyl (C=O) groups is 2. The van der Waals surface area contributed by atoms with Gasteiger partial charge in [0.2, 0.25) is 0 Å². The van der Waals surface area contributed by atoms with Crippen LogP contribution >= 0.6 is 0 Å². The van der Waals surface area contributed by atoms with E-state index in [0.717, 1.165) is 12.8 Å². The number of nitrogens with two attached hydrogens (primary N) is 1. The van der Waals surface area contributed by atoms with E-state index in [4.69, 9.17) is 21.1 Å². The molecular weight excluding hydrogens is 264 g/mol. The zero-order chi connectivity index (χ0) is 16.1. The molecule has 0 fully saturated rings. The summed E-state index contributed by atoms with van der Waals surface area (Å²) >= 11 is 0. The van der Waals surface area contributed by atoms with Gasteiger partial charge in [0.1, 0.15) is 12.1 Å². The van der Waals surface area contributed by atoms with Crippen molar-refractivity contribution in [1.29, 1.82) is 0 Å². The summed E-state index contributed by atoms with van der Waals surface area (Å²) in [6.07, 6.45) is 1.98. The number of carboxylic acids is 2. The minimum absolute atomic E-state index is 0.0718. The third-order valence-corrected chi connectivity index (χ3v) is 2.90. The fourth-order valence-electron chi connectivity index (χ4n) is 1.26. The highest BCUT2D eigenvalue weighted by Gasteiger charge is 2.17. The number of aliphatic hydroxyl groups is 1. The molecule has 0 heterocycles. The third kappa shape index (κ3) is 10.7. The Kier molecular flexibility index (Phi) is 13.6. The van der Waals surface area contributed by atoms with Gasteiger partial charge in [-0.2, -0.15) is 0 Å². The number of rotatable bonds is 9. The summed E-state index contributed by atoms with van der Waals surface area (Å²) in [5.41, 5.74) is 5.27. The van der Waals surface area contributed by atoms with E-state index in [2.05, 4.69) is 5.32 Å². The third-order valence-electron chi connectivity index (χ3n) is 2.90. The highest BCUT2D eigenvalue weighted by Crippen LogP contribution is 2.04. The predicted molar refractivity (Wildman–Crippen MR) is 76.5 cm³/mol. The number of nitrogens with one attached hydrogen (secondary N) is 1. The van der Waals surface area contributed by atoms with E-state index < -0.39 is 24.0 Å². The first-order valence-electron chi connectivity index (χ1n) is 6.87. The molecule has 3 unspecified atom stereocenters. The summed E-state index contributed by atoms with van der Waals surface area (Å²) < 4.78 is 0. The van der Waals surface area contributed by atoms with Gasteiger partial charge >= 0.3 is 11.9 Å². The van der Waals surface area contributed by atoms with Crippen molar-refractivity contribution in [2.75, 3.05) is 13.2 Å². The standard InChI is InChI=1S/C7H15NO3.C6H13NO2/c1-2-4-8-6(3-5-9)7(10)11;1-3-4(2)5(7)6(8)9/h6,8-9H,2-5H2,1H3,(H,10,11);4-5H,3,7H2,1-2H3,(H,8,9). The quantitative estimate of drug-likeness (QED) is 0.412. The van der Waals surface area contributed by atoms with Gasteiger partial charge in [-0.1, -0.05) is 27.2 Å². The van der Waals surface area contributed by atoms with Gasteiger partial charge in [0.05, 0.1) is 0 Å². The summed E-state index contributed by atoms with van der Waals surface area (Å²) in [5, 5.41) is 28.2. The first-order chi connectivity index (χ1) is 9.31. The van der Waals surface area contributed by atoms with E-state index in [1.807, 2.05) is 20.8 Å². The number of hydrogen-bond acceptors (Lipinski definition) is 5. The molecule has 0 aromatic rings. The van der Waals surface area contributed by atoms with Gasteiger partial charge in [-0.3, -0.25) is 9.59 Å². The Morgan fingerprint density at radius 2 is 1.75 bits per heavy atom. The van der Waals surface area contributed by atoms with Gasteiger partial charge in [-0.05, 0) is 25.3 Å². The van der Waals surface area contributed by atoms with Crippen LogP contribution in [0.4, 0.5) is 0 Å². The minimum atomic E-state index is -0.913. The first-order valence-corrected chi connectivity index (χ1v) is 6.87. The van der Waals surface area contributed by atoms with Crippen LogP contribution in [0.5, 0.6) is 0 Å². The van der Waals surface area contributed by atoms with Gasteiger partial charge in [0.15, 0.2) is 0 Å². The molecule has 0 rings (SSSR count). The highest BCUT2D eigenvalue weighted by molar-refractivity contribution is 5.73. The Hall–Kier alpha value is -1.18. The van der Waals surface area contributed by atoms with Crippen molar-refractivity contribution in [2.45, 2.75) is 52.1 Å². The van der Waals surface area contributed by atoms with Crippen LogP contribution in [0.25, 0.3) is 0 Å². The lowest BCUT2D eigenvalue weighted by Crippen LogP contribution is -2.37. The summed E-state index contributed by atoms with van der Waals surface area (Å²) in [7, 11) is 0. The molecular formula is C13H28N2O5. The van der Waals surface area contributed by atoms with Crippen molar-refractivity contribution in [1.82, 2.24) is 5.32 Å². The SMILES string of the molecule is CCC(C)C(N)C(=O)O.CCCNC(CCO)C(=O)O. The molecule has 3 atom stereocenters. The largest absolute Gasteiger partial charge is 0.480 e. The highest BCUT2D eigenvalue weighted by atomic mass is 16.4. The van der Waals surface area contributed by atoms with Gasteiger partial charge in [0.25, 0.3) is 0 Å². The van der Waals surface area contributed by atoms with Crippen LogP contribution in [0.3, 0.4) is 0 Å². The zero-order valence-corrected chi connectivity index (χ0v) is 12.5. The molecule has 0 bridgehead atoms. The van der Waals surface area contributed by atoms with E-state index in [0.29, 0.717) is 6.54 Å². The van der Waals surface area contributed by atoms with E-state index in [9.17, 15) is 9.59 Å². The molecule has 7 heteroatoms. The second kappa shape index (κ2) is 12.8. The van der Waals surface area contributed by atoms with E-state index in [-0.39, 0.29) is 18.9 Å². The Morgan fingerprint density at radius 3 is 2.00 bits per heavy atom. The number of aliphatic hydroxyl groups excluding tert-OH is 1. The van der Waals surface area contributed by atoms with Crippen molar-refractivity contribution in [3.63, 3.8) is 0 Å². The van der Waals surface area contributed by atoms with Crippen LogP contribution in [-0.2, 0) is 9.59 Å². The molecule has 0 aliphatic rings. The summed E-state index contributed by atoms with van der Waals surface area (Å²) in [4.78, 5) is 20.6. The van der Waals surface area contributed by atoms with Gasteiger partial charge in [-0.15, -0.1) is 0 Å². The molecule has 0 aromatic carbocycles. The predicted octanol–water partition coefficient (Wildman–Crippen LogP) is 0.266. The molecule has 0 spiro atoms. The summed E-state index contributed by atoms with van der Waals surface area (Å²) in [6, 6.07) is -1.30. The lowest BCUT2D eigenvalue weighted by molar-refractivity contribution is -0.140. The van der Waals surface area contributed by atoms with E-state index >= 15 is 0 Å². The molecule has 120 valence electrons. The molecule has 20 heavy (non-hydrogen) atoms. The first kappa shape index (κ1) is 21.1. The van der Waals surface area contributed by atoms with Crippen molar-refractivity contribution >= 4 is 11.9 Å². The Morgan fingerprint density at radius 1 is 1.20 bits per heavy atom. The average molecular weight is 292 g/mol. The molecule has 7 nitrogen and oxygen atoms in total. The van der Waals surface area contributed by atoms with Gasteiger partial charge in [-0.25, -0.2) is 0 Å². The molecule has 0 saturated heterocycles. The van der Waals surface area contributed by atoms with Crippen LogP contribution in [0.2, 0.25) is 0 Å². The van der Waals surface area contributed by atoms with Crippen molar-refractivity contribution in [2.24, 2.45) is 11.7 Å². The molecule has 0 amide bonds. The normalized spacial score (nSPS) is 14.7. The van der Waals surface area contributed by atoms with Crippen LogP contribution in [0.15, 0.2) is 0 Å². The lowest BCUT2D eigenvalue weighted by atomic mass is 10.0. The Bertz CT molecular complexity index is 273. The number of aliphatic carboxylic acids is 2. The van der Waals surface area contributed by atoms with E-state index in [1.54, 1.807) is 0 Å². The minimum Gasteiger partial charge on any atom is -0.480 e. The maximum atomic E-state index is 10.4. The fraction of sp³-hybridized carbons (Fsp3) is 0.846. The van der Waals surface area contributed by atoms with Crippen molar-refractivity contribution in [3.05, 3.63) is 0 Å². The molecule has 6 N–H and O–H groups in total. The van der Waals surface area contributed by atoms with Crippen LogP contribution in [0.1, 0.15) is 40.0 Å². The monoisotopic (exact) mass is 292 g/mol. The Labute approximate surface area is 120 Å². The lowest BCUT2D eigenvalue weighted by Gasteiger charge is -2.11. The maximum Gasteiger partial charge on any atom is 0.320 e. The second-order valence-electron chi connectivity index (χ2n) is 4.61. The van der Waals surface area contributed by atoms with Crippen LogP contribution in [-0.4, -0.2) is 52.5 Å². The van der Waals surface area contributed by atoms with E-state index in [1.165, 1.54) is 0 Å². The Balaban J connectivity index is 0. The second-order valence-corrected chi connectivity index (χ2v) is 4.61. The summed E-state index contributed by atoms with van der Waals surface area (Å²) in [6.45, 7) is 6.31. The molecule has 0 aliphatic heterocycles. The molecule has 0 aromatic heterocycles. The fourth-order valence-corrected chi connectivity index (χ4v) is 1.26. The molecule has 0 radical (unpaired) electrons. The molecule has 0 aliphatic carbocycles. The average Bonchev–Trinajstić information content (AvgIpc) is 2.41. The maximum absolute atomic E-state index is 10.4. The zero-order valence-electron chi connectivity index (χ0n) is 12.5. The van der Waals surface area contributed by atoms with Gasteiger partial charge < -0.3 is 26.4 Å². The smallest absolute Gasteiger partial charge is 0.320 e. The summed E-state index contributed by atoms with van der Waals surface area (Å²) in [5.74, 6) is -1.74. The topological polar surface area (TPSA) is 133 Å². The molecule has 0 saturated carbocycles. The van der Waals surface area contributed by atoms with Crippen LogP contribution in [0, 0.1) is 5.92 Å². The van der Waals surface area contributed by atoms with Crippen LogP contribution < -0.4 is 11.1 Å². The van der Waals surface area contributed by atoms with Crippen molar-refractivity contribution in [3.8, 4) is 0 Å². The number of hydrogen-bond donors (Lipinski definition) is 5. The van der Waals surface area contributed by atoms with Gasteiger partial charge in [0, 0.05) is 6.61 Å². The van der Waals surface area contributed by atoms with Crippen molar-refractivity contribution < 1.29 is 24.9 Å².